The molecule has 0 aliphatic rings. The maximum Gasteiger partial charge on any atom is 0.155 e. The second kappa shape index (κ2) is 4.62. The van der Waals surface area contributed by atoms with Gasteiger partial charge in [-0.3, -0.25) is 15.1 Å². The van der Waals surface area contributed by atoms with Gasteiger partial charge >= 0.3 is 0 Å². The quantitative estimate of drug-likeness (QED) is 0.490. The Labute approximate surface area is 102 Å². The zero-order chi connectivity index (χ0) is 12.2. The van der Waals surface area contributed by atoms with E-state index in [1.54, 1.807) is 31.0 Å². The second-order valence-electron chi connectivity index (χ2n) is 3.60. The smallest absolute Gasteiger partial charge is 0.155 e. The molecular weight excluding hydrogens is 228 g/mol. The standard InChI is InChI=1S/2C6H5N3/c1-2-7-3-5-4-8-9-6(1)5;1-2-8-6-5(1)7-3-4-9-6/h2*1-4H,(H,8,9). The third kappa shape index (κ3) is 2.03. The highest BCUT2D eigenvalue weighted by Crippen LogP contribution is 2.04. The first kappa shape index (κ1) is 10.4. The van der Waals surface area contributed by atoms with Crippen molar-refractivity contribution in [3.8, 4) is 0 Å². The molecule has 6 nitrogen and oxygen atoms in total. The van der Waals surface area contributed by atoms with Gasteiger partial charge in [0, 0.05) is 36.4 Å². The largest absolute Gasteiger partial charge is 0.345 e. The predicted molar refractivity (Wildman–Crippen MR) is 67.8 cm³/mol. The lowest BCUT2D eigenvalue weighted by Gasteiger charge is -1.81. The van der Waals surface area contributed by atoms with Crippen LogP contribution in [0.2, 0.25) is 0 Å². The minimum absolute atomic E-state index is 0.845. The van der Waals surface area contributed by atoms with Crippen LogP contribution in [0.15, 0.2) is 49.3 Å². The van der Waals surface area contributed by atoms with Crippen LogP contribution < -0.4 is 0 Å². The van der Waals surface area contributed by atoms with Crippen molar-refractivity contribution in [1.82, 2.24) is 30.1 Å². The zero-order valence-corrected chi connectivity index (χ0v) is 9.41. The molecule has 0 spiro atoms. The number of aromatic nitrogens is 6. The monoisotopic (exact) mass is 238 g/mol. The van der Waals surface area contributed by atoms with Crippen molar-refractivity contribution in [2.45, 2.75) is 0 Å². The summed E-state index contributed by atoms with van der Waals surface area (Å²) >= 11 is 0. The van der Waals surface area contributed by atoms with Crippen LogP contribution in [0.3, 0.4) is 0 Å². The number of hydrogen-bond donors (Lipinski definition) is 2. The van der Waals surface area contributed by atoms with Crippen LogP contribution in [0.4, 0.5) is 0 Å². The summed E-state index contributed by atoms with van der Waals surface area (Å²) in [5.41, 5.74) is 2.79. The van der Waals surface area contributed by atoms with Gasteiger partial charge in [0.25, 0.3) is 0 Å². The van der Waals surface area contributed by atoms with E-state index in [1.807, 2.05) is 18.3 Å². The first-order valence-electron chi connectivity index (χ1n) is 5.41. The van der Waals surface area contributed by atoms with Crippen LogP contribution in [-0.4, -0.2) is 30.1 Å². The van der Waals surface area contributed by atoms with Crippen LogP contribution in [0.5, 0.6) is 0 Å². The Morgan fingerprint density at radius 1 is 0.944 bits per heavy atom. The SMILES string of the molecule is c1cc2[nH]ncc2cn1.c1cnc2[nH]ccc2n1. The number of rotatable bonds is 0. The number of nitrogens with zero attached hydrogens (tertiary/aromatic N) is 4. The van der Waals surface area contributed by atoms with Gasteiger partial charge in [-0.2, -0.15) is 5.10 Å². The first-order chi connectivity index (χ1) is 8.93. The van der Waals surface area contributed by atoms with Crippen LogP contribution in [0.25, 0.3) is 22.1 Å². The molecule has 4 aromatic heterocycles. The van der Waals surface area contributed by atoms with Gasteiger partial charge in [-0.1, -0.05) is 0 Å². The van der Waals surface area contributed by atoms with Crippen LogP contribution >= 0.6 is 0 Å². The van der Waals surface area contributed by atoms with Crippen LogP contribution in [0.1, 0.15) is 0 Å². The van der Waals surface area contributed by atoms with E-state index < -0.39 is 0 Å². The van der Waals surface area contributed by atoms with Gasteiger partial charge in [0.2, 0.25) is 0 Å². The minimum Gasteiger partial charge on any atom is -0.345 e. The highest BCUT2D eigenvalue weighted by molar-refractivity contribution is 5.76. The summed E-state index contributed by atoms with van der Waals surface area (Å²) in [6.07, 6.45) is 10.4. The molecule has 4 rings (SSSR count). The molecule has 0 radical (unpaired) electrons. The lowest BCUT2D eigenvalue weighted by molar-refractivity contribution is 1.12. The number of H-pyrrole nitrogens is 2. The molecule has 0 amide bonds. The Balaban J connectivity index is 0.000000111. The average Bonchev–Trinajstić information content (AvgIpc) is 3.08. The third-order valence-electron chi connectivity index (χ3n) is 2.43. The zero-order valence-electron chi connectivity index (χ0n) is 9.41. The van der Waals surface area contributed by atoms with Gasteiger partial charge in [-0.15, -0.1) is 0 Å². The van der Waals surface area contributed by atoms with E-state index in [4.69, 9.17) is 0 Å². The van der Waals surface area contributed by atoms with Crippen molar-refractivity contribution in [2.24, 2.45) is 0 Å². The Kier molecular flexibility index (Phi) is 2.67. The number of hydrogen-bond acceptors (Lipinski definition) is 4. The minimum atomic E-state index is 0.845. The molecule has 0 atom stereocenters. The van der Waals surface area contributed by atoms with Gasteiger partial charge in [-0.25, -0.2) is 4.98 Å². The normalized spacial score (nSPS) is 10.2. The molecule has 0 unspecified atom stereocenters. The Morgan fingerprint density at radius 3 is 2.78 bits per heavy atom. The van der Waals surface area contributed by atoms with E-state index in [-0.39, 0.29) is 0 Å². The van der Waals surface area contributed by atoms with E-state index >= 15 is 0 Å². The molecule has 18 heavy (non-hydrogen) atoms. The fraction of sp³-hybridized carbons (Fsp3) is 0. The Bertz CT molecular complexity index is 631. The summed E-state index contributed by atoms with van der Waals surface area (Å²) in [5, 5.41) is 7.72. The summed E-state index contributed by atoms with van der Waals surface area (Å²) in [5.74, 6) is 0. The molecule has 4 aromatic rings. The summed E-state index contributed by atoms with van der Waals surface area (Å²) < 4.78 is 0. The molecule has 6 heteroatoms. The van der Waals surface area contributed by atoms with Gasteiger partial charge in [0.05, 0.1) is 11.7 Å². The van der Waals surface area contributed by atoms with E-state index in [1.165, 1.54) is 0 Å². The third-order valence-corrected chi connectivity index (χ3v) is 2.43. The fourth-order valence-corrected chi connectivity index (χ4v) is 1.56. The van der Waals surface area contributed by atoms with Crippen molar-refractivity contribution in [2.75, 3.05) is 0 Å². The van der Waals surface area contributed by atoms with E-state index in [2.05, 4.69) is 30.1 Å². The summed E-state index contributed by atoms with van der Waals surface area (Å²) in [7, 11) is 0. The first-order valence-corrected chi connectivity index (χ1v) is 5.41. The Hall–Kier alpha value is -2.76. The highest BCUT2D eigenvalue weighted by Gasteiger charge is 1.90. The topological polar surface area (TPSA) is 83.1 Å². The molecule has 0 fully saturated rings. The van der Waals surface area contributed by atoms with Crippen molar-refractivity contribution < 1.29 is 0 Å². The average molecular weight is 238 g/mol. The maximum absolute atomic E-state index is 4.05. The second-order valence-corrected chi connectivity index (χ2v) is 3.60. The summed E-state index contributed by atoms with van der Waals surface area (Å²) in [4.78, 5) is 14.9. The van der Waals surface area contributed by atoms with Gasteiger partial charge in [0.15, 0.2) is 5.65 Å². The van der Waals surface area contributed by atoms with Gasteiger partial charge in [-0.05, 0) is 12.1 Å². The number of fused-ring (bicyclic) bond motifs is 2. The van der Waals surface area contributed by atoms with Crippen molar-refractivity contribution in [3.63, 3.8) is 0 Å². The van der Waals surface area contributed by atoms with Crippen molar-refractivity contribution in [1.29, 1.82) is 0 Å². The number of nitrogens with one attached hydrogen (secondary N) is 2. The summed E-state index contributed by atoms with van der Waals surface area (Å²) in [6.45, 7) is 0. The lowest BCUT2D eigenvalue weighted by Crippen LogP contribution is -1.75. The van der Waals surface area contributed by atoms with Crippen molar-refractivity contribution >= 4 is 22.1 Å². The molecule has 0 aliphatic heterocycles. The molecular formula is C12H10N6. The summed E-state index contributed by atoms with van der Waals surface area (Å²) in [6, 6.07) is 3.78. The molecule has 0 saturated heterocycles. The fourth-order valence-electron chi connectivity index (χ4n) is 1.56. The molecule has 0 aromatic carbocycles. The molecule has 2 N–H and O–H groups in total. The van der Waals surface area contributed by atoms with Crippen LogP contribution in [0, 0.1) is 0 Å². The van der Waals surface area contributed by atoms with Crippen molar-refractivity contribution in [3.05, 3.63) is 49.3 Å². The van der Waals surface area contributed by atoms with E-state index in [9.17, 15) is 0 Å². The lowest BCUT2D eigenvalue weighted by atomic mass is 10.3. The molecule has 0 aliphatic carbocycles. The molecule has 88 valence electrons. The number of pyridine rings is 1. The molecule has 0 saturated carbocycles. The molecule has 0 bridgehead atoms. The Morgan fingerprint density at radius 2 is 1.89 bits per heavy atom. The van der Waals surface area contributed by atoms with E-state index in [0.29, 0.717) is 0 Å². The van der Waals surface area contributed by atoms with Gasteiger partial charge in [0.1, 0.15) is 5.52 Å². The van der Waals surface area contributed by atoms with Crippen LogP contribution in [-0.2, 0) is 0 Å². The molecule has 4 heterocycles. The predicted octanol–water partition coefficient (Wildman–Crippen LogP) is 1.92. The van der Waals surface area contributed by atoms with Gasteiger partial charge < -0.3 is 4.98 Å². The maximum atomic E-state index is 4.05. The van der Waals surface area contributed by atoms with E-state index in [0.717, 1.165) is 22.1 Å². The highest BCUT2D eigenvalue weighted by atomic mass is 15.1. The number of aromatic amines is 2.